The third-order valence-electron chi connectivity index (χ3n) is 2.71. The van der Waals surface area contributed by atoms with Gasteiger partial charge in [-0.2, -0.15) is 0 Å². The van der Waals surface area contributed by atoms with Gasteiger partial charge in [0.25, 0.3) is 0 Å². The van der Waals surface area contributed by atoms with Crippen molar-refractivity contribution in [3.05, 3.63) is 29.8 Å². The summed E-state index contributed by atoms with van der Waals surface area (Å²) in [4.78, 5) is 2.36. The first kappa shape index (κ1) is 9.93. The molecule has 1 saturated heterocycles. The Morgan fingerprint density at radius 3 is 2.88 bits per heavy atom. The van der Waals surface area contributed by atoms with E-state index < -0.39 is 0 Å². The summed E-state index contributed by atoms with van der Waals surface area (Å²) in [6, 6.07) is 6.10. The van der Waals surface area contributed by atoms with Gasteiger partial charge in [0.2, 0.25) is 0 Å². The zero-order valence-corrected chi connectivity index (χ0v) is 9.70. The van der Waals surface area contributed by atoms with Gasteiger partial charge < -0.3 is 14.1 Å². The van der Waals surface area contributed by atoms with Gasteiger partial charge in [-0.1, -0.05) is 0 Å². The van der Waals surface area contributed by atoms with Crippen molar-refractivity contribution in [2.45, 2.75) is 0 Å². The SMILES string of the molecule is c1coc(-c2csc(N3CCOCC3)c2)c1. The summed E-state index contributed by atoms with van der Waals surface area (Å²) >= 11 is 1.76. The lowest BCUT2D eigenvalue weighted by atomic mass is 10.2. The Bertz CT molecular complexity index is 443. The molecule has 0 aliphatic carbocycles. The quantitative estimate of drug-likeness (QED) is 0.800. The van der Waals surface area contributed by atoms with Crippen LogP contribution < -0.4 is 4.90 Å². The highest BCUT2D eigenvalue weighted by Gasteiger charge is 2.14. The van der Waals surface area contributed by atoms with Crippen LogP contribution in [0.15, 0.2) is 34.3 Å². The molecule has 2 aromatic heterocycles. The minimum absolute atomic E-state index is 0.827. The number of nitrogens with zero attached hydrogens (tertiary/aromatic N) is 1. The van der Waals surface area contributed by atoms with E-state index in [2.05, 4.69) is 16.3 Å². The lowest BCUT2D eigenvalue weighted by Crippen LogP contribution is -2.35. The van der Waals surface area contributed by atoms with Crippen LogP contribution in [0.2, 0.25) is 0 Å². The molecule has 0 bridgehead atoms. The van der Waals surface area contributed by atoms with Crippen LogP contribution >= 0.6 is 11.3 Å². The lowest BCUT2D eigenvalue weighted by molar-refractivity contribution is 0.123. The normalized spacial score (nSPS) is 16.6. The number of anilines is 1. The van der Waals surface area contributed by atoms with Crippen LogP contribution in [0.5, 0.6) is 0 Å². The Balaban J connectivity index is 1.82. The number of furan rings is 1. The fourth-order valence-electron chi connectivity index (χ4n) is 1.85. The van der Waals surface area contributed by atoms with E-state index in [9.17, 15) is 0 Å². The van der Waals surface area contributed by atoms with Gasteiger partial charge in [0.15, 0.2) is 0 Å². The molecule has 0 N–H and O–H groups in total. The van der Waals surface area contributed by atoms with Gasteiger partial charge >= 0.3 is 0 Å². The average molecular weight is 235 g/mol. The highest BCUT2D eigenvalue weighted by atomic mass is 32.1. The van der Waals surface area contributed by atoms with E-state index >= 15 is 0 Å². The van der Waals surface area contributed by atoms with Gasteiger partial charge in [-0.25, -0.2) is 0 Å². The highest BCUT2D eigenvalue weighted by Crippen LogP contribution is 2.32. The van der Waals surface area contributed by atoms with Crippen LogP contribution in [-0.4, -0.2) is 26.3 Å². The molecule has 3 nitrogen and oxygen atoms in total. The molecule has 1 fully saturated rings. The van der Waals surface area contributed by atoms with Crippen molar-refractivity contribution in [2.75, 3.05) is 31.2 Å². The van der Waals surface area contributed by atoms with Crippen LogP contribution in [0.1, 0.15) is 0 Å². The molecule has 0 amide bonds. The fourth-order valence-corrected chi connectivity index (χ4v) is 2.81. The predicted molar refractivity (Wildman–Crippen MR) is 65.1 cm³/mol. The Morgan fingerprint density at radius 1 is 1.25 bits per heavy atom. The lowest BCUT2D eigenvalue weighted by Gasteiger charge is -2.27. The zero-order chi connectivity index (χ0) is 10.8. The molecule has 3 rings (SSSR count). The molecule has 16 heavy (non-hydrogen) atoms. The maximum Gasteiger partial charge on any atom is 0.134 e. The average Bonchev–Trinajstić information content (AvgIpc) is 3.01. The molecule has 0 atom stereocenters. The molecule has 0 radical (unpaired) electrons. The van der Waals surface area contributed by atoms with Crippen molar-refractivity contribution in [2.24, 2.45) is 0 Å². The smallest absolute Gasteiger partial charge is 0.134 e. The predicted octanol–water partition coefficient (Wildman–Crippen LogP) is 2.84. The number of hydrogen-bond acceptors (Lipinski definition) is 4. The van der Waals surface area contributed by atoms with Gasteiger partial charge in [-0.3, -0.25) is 0 Å². The third-order valence-corrected chi connectivity index (χ3v) is 3.70. The van der Waals surface area contributed by atoms with Crippen LogP contribution in [-0.2, 0) is 4.74 Å². The van der Waals surface area contributed by atoms with Crippen molar-refractivity contribution in [3.8, 4) is 11.3 Å². The first-order valence-corrected chi connectivity index (χ1v) is 6.26. The van der Waals surface area contributed by atoms with E-state index in [1.54, 1.807) is 17.6 Å². The topological polar surface area (TPSA) is 25.6 Å². The summed E-state index contributed by atoms with van der Waals surface area (Å²) in [5.41, 5.74) is 1.16. The van der Waals surface area contributed by atoms with Crippen LogP contribution in [0.3, 0.4) is 0 Å². The number of thiophene rings is 1. The van der Waals surface area contributed by atoms with E-state index in [1.807, 2.05) is 12.1 Å². The number of ether oxygens (including phenoxy) is 1. The largest absolute Gasteiger partial charge is 0.464 e. The Morgan fingerprint density at radius 2 is 2.12 bits per heavy atom. The molecule has 84 valence electrons. The van der Waals surface area contributed by atoms with E-state index in [-0.39, 0.29) is 0 Å². The summed E-state index contributed by atoms with van der Waals surface area (Å²) in [5.74, 6) is 0.941. The number of hydrogen-bond donors (Lipinski definition) is 0. The molecule has 1 aliphatic rings. The van der Waals surface area contributed by atoms with E-state index in [0.717, 1.165) is 37.6 Å². The molecule has 2 aromatic rings. The zero-order valence-electron chi connectivity index (χ0n) is 8.89. The molecule has 1 aliphatic heterocycles. The highest BCUT2D eigenvalue weighted by molar-refractivity contribution is 7.14. The van der Waals surface area contributed by atoms with E-state index in [4.69, 9.17) is 9.15 Å². The fraction of sp³-hybridized carbons (Fsp3) is 0.333. The molecule has 0 spiro atoms. The van der Waals surface area contributed by atoms with Gasteiger partial charge in [-0.05, 0) is 18.2 Å². The van der Waals surface area contributed by atoms with Gasteiger partial charge in [0.1, 0.15) is 5.76 Å². The Labute approximate surface area is 98.3 Å². The van der Waals surface area contributed by atoms with Gasteiger partial charge in [-0.15, -0.1) is 11.3 Å². The second-order valence-corrected chi connectivity index (χ2v) is 4.64. The summed E-state index contributed by atoms with van der Waals surface area (Å²) < 4.78 is 10.7. The molecule has 0 aromatic carbocycles. The molecule has 3 heterocycles. The maximum absolute atomic E-state index is 5.38. The van der Waals surface area contributed by atoms with Crippen LogP contribution in [0.4, 0.5) is 5.00 Å². The first-order chi connectivity index (χ1) is 7.93. The van der Waals surface area contributed by atoms with Crippen molar-refractivity contribution >= 4 is 16.3 Å². The van der Waals surface area contributed by atoms with E-state index in [1.165, 1.54) is 5.00 Å². The van der Waals surface area contributed by atoms with Crippen LogP contribution in [0.25, 0.3) is 11.3 Å². The third kappa shape index (κ3) is 1.86. The molecular weight excluding hydrogens is 222 g/mol. The second-order valence-electron chi connectivity index (χ2n) is 3.75. The molecule has 0 saturated carbocycles. The van der Waals surface area contributed by atoms with Crippen molar-refractivity contribution in [1.82, 2.24) is 0 Å². The van der Waals surface area contributed by atoms with Crippen molar-refractivity contribution < 1.29 is 9.15 Å². The summed E-state index contributed by atoms with van der Waals surface area (Å²) in [5, 5.41) is 3.44. The number of morpholine rings is 1. The minimum atomic E-state index is 0.827. The standard InChI is InChI=1S/C12H13NO2S/c1-2-11(15-5-1)10-8-12(16-9-10)13-3-6-14-7-4-13/h1-2,5,8-9H,3-4,6-7H2. The van der Waals surface area contributed by atoms with Gasteiger partial charge in [0, 0.05) is 24.0 Å². The van der Waals surface area contributed by atoms with Crippen LogP contribution in [0, 0.1) is 0 Å². The number of rotatable bonds is 2. The molecule has 0 unspecified atom stereocenters. The Kier molecular flexibility index (Phi) is 2.68. The van der Waals surface area contributed by atoms with E-state index in [0.29, 0.717) is 0 Å². The van der Waals surface area contributed by atoms with Crippen molar-refractivity contribution in [3.63, 3.8) is 0 Å². The Hall–Kier alpha value is -1.26. The second kappa shape index (κ2) is 4.31. The van der Waals surface area contributed by atoms with Crippen molar-refractivity contribution in [1.29, 1.82) is 0 Å². The summed E-state index contributed by atoms with van der Waals surface area (Å²) in [6.07, 6.45) is 1.71. The monoisotopic (exact) mass is 235 g/mol. The summed E-state index contributed by atoms with van der Waals surface area (Å²) in [6.45, 7) is 3.62. The minimum Gasteiger partial charge on any atom is -0.464 e. The molecular formula is C12H13NO2S. The first-order valence-electron chi connectivity index (χ1n) is 5.38. The summed E-state index contributed by atoms with van der Waals surface area (Å²) in [7, 11) is 0. The molecule has 4 heteroatoms. The maximum atomic E-state index is 5.38. The van der Waals surface area contributed by atoms with Gasteiger partial charge in [0.05, 0.1) is 24.5 Å².